The second kappa shape index (κ2) is 8.30. The number of nitrogens with one attached hydrogen (secondary N) is 2. The molecule has 8 nitrogen and oxygen atoms in total. The maximum Gasteiger partial charge on any atom is 0.414 e. The van der Waals surface area contributed by atoms with Crippen LogP contribution >= 0.6 is 23.2 Å². The van der Waals surface area contributed by atoms with E-state index in [4.69, 9.17) is 34.5 Å². The van der Waals surface area contributed by atoms with Crippen LogP contribution in [0.15, 0.2) is 36.5 Å². The normalized spacial score (nSPS) is 31.4. The third-order valence-corrected chi connectivity index (χ3v) is 8.53. The van der Waals surface area contributed by atoms with Crippen molar-refractivity contribution in [1.82, 2.24) is 15.6 Å². The Morgan fingerprint density at radius 1 is 1.31 bits per heavy atom. The van der Waals surface area contributed by atoms with Crippen LogP contribution in [-0.4, -0.2) is 53.6 Å². The van der Waals surface area contributed by atoms with Crippen molar-refractivity contribution in [3.8, 4) is 11.1 Å². The summed E-state index contributed by atoms with van der Waals surface area (Å²) in [6, 6.07) is 8.12. The van der Waals surface area contributed by atoms with Crippen molar-refractivity contribution >= 4 is 40.9 Å². The zero-order valence-electron chi connectivity index (χ0n) is 19.0. The van der Waals surface area contributed by atoms with Crippen LogP contribution in [0.3, 0.4) is 0 Å². The monoisotopic (exact) mass is 529 g/mol. The van der Waals surface area contributed by atoms with Crippen molar-refractivity contribution in [1.29, 1.82) is 0 Å². The number of halogens is 3. The zero-order valence-corrected chi connectivity index (χ0v) is 20.5. The van der Waals surface area contributed by atoms with Gasteiger partial charge >= 0.3 is 6.09 Å². The van der Waals surface area contributed by atoms with E-state index in [1.807, 2.05) is 6.07 Å². The van der Waals surface area contributed by atoms with E-state index in [0.717, 1.165) is 18.8 Å². The van der Waals surface area contributed by atoms with E-state index in [2.05, 4.69) is 20.5 Å². The Morgan fingerprint density at radius 3 is 2.67 bits per heavy atom. The van der Waals surface area contributed by atoms with Crippen LogP contribution in [0.4, 0.5) is 14.9 Å². The fourth-order valence-corrected chi connectivity index (χ4v) is 5.99. The van der Waals surface area contributed by atoms with Gasteiger partial charge in [-0.15, -0.1) is 23.2 Å². The number of benzene rings is 1. The first-order valence-electron chi connectivity index (χ1n) is 11.7. The smallest absolute Gasteiger partial charge is 0.414 e. The predicted molar refractivity (Wildman–Crippen MR) is 131 cm³/mol. The molecule has 3 heterocycles. The predicted octanol–water partition coefficient (Wildman–Crippen LogP) is 3.49. The van der Waals surface area contributed by atoms with Crippen LogP contribution in [0.5, 0.6) is 0 Å². The Labute approximate surface area is 216 Å². The van der Waals surface area contributed by atoms with Gasteiger partial charge in [0.15, 0.2) is 0 Å². The molecule has 1 aromatic heterocycles. The molecule has 2 unspecified atom stereocenters. The highest BCUT2D eigenvalue weighted by molar-refractivity contribution is 6.52. The number of carbonyl (C=O) groups excluding carboxylic acids is 2. The molecular formula is C25H22Cl2FN5O3. The number of ether oxygens (including phenoxy) is 1. The molecule has 0 spiro atoms. The standard InChI is InChI=1S/C25H22Cl2FN5O3/c1-29-25(18-10-30-11-19(18)25)21-5-2-13(8-31-21)16-4-3-14(6-20(16)28)33-12-15(36-23(33)35)9-32-22(34)17-7-24(17,26)27/h2-6,8,15,17-19,30H,7,9-12H2,(H,32,34)/t15-,17?,18-,19+,25?/m0/s1. The minimum atomic E-state index is -1.02. The minimum absolute atomic E-state index is 0.115. The number of aromatic nitrogens is 1. The van der Waals surface area contributed by atoms with Gasteiger partial charge in [-0.1, -0.05) is 6.07 Å². The summed E-state index contributed by atoms with van der Waals surface area (Å²) in [7, 11) is 0. The van der Waals surface area contributed by atoms with E-state index in [1.165, 1.54) is 11.0 Å². The van der Waals surface area contributed by atoms with Gasteiger partial charge in [0.1, 0.15) is 21.9 Å². The summed E-state index contributed by atoms with van der Waals surface area (Å²) in [5.41, 5.74) is 1.46. The molecule has 1 aromatic carbocycles. The molecule has 2 aliphatic heterocycles. The highest BCUT2D eigenvalue weighted by Gasteiger charge is 2.76. The van der Waals surface area contributed by atoms with E-state index >= 15 is 4.39 Å². The lowest BCUT2D eigenvalue weighted by molar-refractivity contribution is -0.122. The summed E-state index contributed by atoms with van der Waals surface area (Å²) in [5, 5.41) is 5.99. The third-order valence-electron chi connectivity index (χ3n) is 7.69. The molecule has 0 bridgehead atoms. The number of hydrogen-bond donors (Lipinski definition) is 2. The van der Waals surface area contributed by atoms with Crippen LogP contribution in [0, 0.1) is 30.1 Å². The number of cyclic esters (lactones) is 1. The van der Waals surface area contributed by atoms with E-state index in [9.17, 15) is 9.59 Å². The number of alkyl halides is 2. The van der Waals surface area contributed by atoms with Crippen LogP contribution < -0.4 is 15.5 Å². The fraction of sp³-hybridized carbons (Fsp3) is 0.440. The molecule has 11 heteroatoms. The van der Waals surface area contributed by atoms with Gasteiger partial charge in [0.05, 0.1) is 36.5 Å². The summed E-state index contributed by atoms with van der Waals surface area (Å²) in [6.07, 6.45) is 0.797. The molecule has 186 valence electrons. The first-order chi connectivity index (χ1) is 17.2. The van der Waals surface area contributed by atoms with Gasteiger partial charge in [0, 0.05) is 30.4 Å². The SMILES string of the molecule is [C-]#[N+]C1(c2ccc(-c3ccc(N4C[C@H](CNC(=O)C5CC5(Cl)Cl)OC4=O)cc3F)cn2)[C@@H]2CNC[C@@H]21. The van der Waals surface area contributed by atoms with Crippen LogP contribution in [0.1, 0.15) is 12.1 Å². The topological polar surface area (TPSA) is 87.9 Å². The number of amides is 2. The Bertz CT molecular complexity index is 1290. The Morgan fingerprint density at radius 2 is 2.06 bits per heavy atom. The molecule has 2 N–H and O–H groups in total. The lowest BCUT2D eigenvalue weighted by Crippen LogP contribution is -2.36. The minimum Gasteiger partial charge on any atom is -0.442 e. The number of hydrogen-bond acceptors (Lipinski definition) is 5. The number of piperidine rings is 1. The van der Waals surface area contributed by atoms with Gasteiger partial charge in [-0.05, 0) is 30.7 Å². The number of nitrogens with zero attached hydrogens (tertiary/aromatic N) is 3. The van der Waals surface area contributed by atoms with Crippen molar-refractivity contribution in [3.63, 3.8) is 0 Å². The van der Waals surface area contributed by atoms with Gasteiger partial charge < -0.3 is 20.2 Å². The van der Waals surface area contributed by atoms with Crippen molar-refractivity contribution < 1.29 is 18.7 Å². The molecule has 36 heavy (non-hydrogen) atoms. The van der Waals surface area contributed by atoms with Crippen molar-refractivity contribution in [2.45, 2.75) is 22.4 Å². The van der Waals surface area contributed by atoms with E-state index in [1.54, 1.807) is 24.4 Å². The van der Waals surface area contributed by atoms with Crippen LogP contribution in [0.25, 0.3) is 16.0 Å². The molecular weight excluding hydrogens is 508 g/mol. The molecule has 2 amide bonds. The van der Waals surface area contributed by atoms with Crippen LogP contribution in [-0.2, 0) is 15.1 Å². The quantitative estimate of drug-likeness (QED) is 0.441. The number of carbonyl (C=O) groups is 2. The van der Waals surface area contributed by atoms with E-state index in [0.29, 0.717) is 23.2 Å². The van der Waals surface area contributed by atoms with Gasteiger partial charge in [-0.25, -0.2) is 15.8 Å². The van der Waals surface area contributed by atoms with E-state index < -0.39 is 33.8 Å². The first-order valence-corrected chi connectivity index (χ1v) is 12.5. The van der Waals surface area contributed by atoms with Crippen molar-refractivity contribution in [3.05, 3.63) is 59.5 Å². The molecule has 6 rings (SSSR count). The van der Waals surface area contributed by atoms with Gasteiger partial charge in [-0.2, -0.15) is 0 Å². The summed E-state index contributed by atoms with van der Waals surface area (Å²) in [4.78, 5) is 34.2. The number of pyridine rings is 1. The molecule has 2 aromatic rings. The third kappa shape index (κ3) is 3.71. The van der Waals surface area contributed by atoms with Crippen molar-refractivity contribution in [2.75, 3.05) is 31.1 Å². The lowest BCUT2D eigenvalue weighted by Gasteiger charge is -2.15. The number of rotatable bonds is 6. The first kappa shape index (κ1) is 23.5. The van der Waals surface area contributed by atoms with Crippen LogP contribution in [0.2, 0.25) is 0 Å². The zero-order chi connectivity index (χ0) is 25.2. The van der Waals surface area contributed by atoms with Crippen molar-refractivity contribution in [2.24, 2.45) is 17.8 Å². The van der Waals surface area contributed by atoms with Gasteiger partial charge in [0.2, 0.25) is 5.91 Å². The Balaban J connectivity index is 1.12. The highest BCUT2D eigenvalue weighted by atomic mass is 35.5. The highest BCUT2D eigenvalue weighted by Crippen LogP contribution is 2.62. The second-order valence-corrected chi connectivity index (χ2v) is 11.3. The summed E-state index contributed by atoms with van der Waals surface area (Å²) < 4.78 is 19.4. The molecule has 5 atom stereocenters. The summed E-state index contributed by atoms with van der Waals surface area (Å²) >= 11 is 11.8. The number of fused-ring (bicyclic) bond motifs is 1. The maximum atomic E-state index is 15.1. The lowest BCUT2D eigenvalue weighted by atomic mass is 10.0. The molecule has 0 radical (unpaired) electrons. The van der Waals surface area contributed by atoms with Gasteiger partial charge in [-0.3, -0.25) is 14.7 Å². The molecule has 4 fully saturated rings. The average Bonchev–Trinajstić information content (AvgIpc) is 3.48. The largest absolute Gasteiger partial charge is 0.442 e. The fourth-order valence-electron chi connectivity index (χ4n) is 5.48. The molecule has 2 saturated carbocycles. The molecule has 2 aliphatic carbocycles. The average molecular weight is 530 g/mol. The summed E-state index contributed by atoms with van der Waals surface area (Å²) in [5.74, 6) is -0.692. The van der Waals surface area contributed by atoms with E-state index in [-0.39, 0.29) is 30.8 Å². The number of anilines is 1. The maximum absolute atomic E-state index is 15.1. The summed E-state index contributed by atoms with van der Waals surface area (Å²) in [6.45, 7) is 9.62. The molecule has 4 aliphatic rings. The Hall–Kier alpha value is -2.93. The Kier molecular flexibility index (Phi) is 5.41. The van der Waals surface area contributed by atoms with Gasteiger partial charge in [0.25, 0.3) is 5.54 Å². The molecule has 2 saturated heterocycles. The second-order valence-electron chi connectivity index (χ2n) is 9.78.